The summed E-state index contributed by atoms with van der Waals surface area (Å²) >= 11 is 0. The molecule has 3 heteroatoms. The number of nitrogens with one attached hydrogen (secondary N) is 1. The summed E-state index contributed by atoms with van der Waals surface area (Å²) in [7, 11) is 0. The smallest absolute Gasteiger partial charge is 0.107 e. The molecule has 1 saturated heterocycles. The van der Waals surface area contributed by atoms with Gasteiger partial charge in [0.15, 0.2) is 0 Å². The molecule has 0 saturated carbocycles. The van der Waals surface area contributed by atoms with Gasteiger partial charge in [0, 0.05) is 6.54 Å². The van der Waals surface area contributed by atoms with Crippen LogP contribution < -0.4 is 5.32 Å². The Morgan fingerprint density at radius 1 is 1.58 bits per heavy atom. The van der Waals surface area contributed by atoms with E-state index in [-0.39, 0.29) is 12.4 Å². The number of piperidine rings is 1. The molecule has 1 atom stereocenters. The third-order valence-electron chi connectivity index (χ3n) is 1.94. The van der Waals surface area contributed by atoms with Crippen LogP contribution in [0.15, 0.2) is 0 Å². The lowest BCUT2D eigenvalue weighted by Crippen LogP contribution is -2.32. The second kappa shape index (κ2) is 7.42. The fraction of sp³-hybridized carbons (Fsp3) is 0.778. The molecule has 0 aliphatic carbocycles. The summed E-state index contributed by atoms with van der Waals surface area (Å²) in [4.78, 5) is 0. The number of terminal acetylenes is 1. The van der Waals surface area contributed by atoms with E-state index in [2.05, 4.69) is 11.2 Å². The number of rotatable bonds is 3. The normalized spacial score (nSPS) is 22.4. The van der Waals surface area contributed by atoms with Crippen LogP contribution in [0, 0.1) is 18.3 Å². The van der Waals surface area contributed by atoms with Crippen molar-refractivity contribution in [3.8, 4) is 12.3 Å². The number of halogens is 1. The van der Waals surface area contributed by atoms with Crippen molar-refractivity contribution in [1.29, 1.82) is 0 Å². The maximum Gasteiger partial charge on any atom is 0.107 e. The van der Waals surface area contributed by atoms with E-state index in [0.717, 1.165) is 19.7 Å². The molecule has 0 aromatic heterocycles. The average molecular weight is 190 g/mol. The third kappa shape index (κ3) is 4.61. The zero-order valence-corrected chi connectivity index (χ0v) is 8.03. The van der Waals surface area contributed by atoms with Crippen molar-refractivity contribution in [3.05, 3.63) is 0 Å². The van der Waals surface area contributed by atoms with E-state index in [9.17, 15) is 0 Å². The minimum absolute atomic E-state index is 0. The fourth-order valence-corrected chi connectivity index (χ4v) is 1.35. The monoisotopic (exact) mass is 189 g/mol. The molecule has 1 unspecified atom stereocenters. The van der Waals surface area contributed by atoms with Gasteiger partial charge in [0.1, 0.15) is 6.61 Å². The maximum absolute atomic E-state index is 5.25. The predicted octanol–water partition coefficient (Wildman–Crippen LogP) is 1.06. The second-order valence-corrected chi connectivity index (χ2v) is 2.93. The number of hydrogen-bond acceptors (Lipinski definition) is 2. The van der Waals surface area contributed by atoms with Gasteiger partial charge in [-0.15, -0.1) is 18.8 Å². The second-order valence-electron chi connectivity index (χ2n) is 2.93. The summed E-state index contributed by atoms with van der Waals surface area (Å²) in [6, 6.07) is 0. The highest BCUT2D eigenvalue weighted by atomic mass is 35.5. The lowest BCUT2D eigenvalue weighted by molar-refractivity contribution is 0.114. The van der Waals surface area contributed by atoms with Crippen molar-refractivity contribution in [3.63, 3.8) is 0 Å². The summed E-state index contributed by atoms with van der Waals surface area (Å²) < 4.78 is 5.25. The van der Waals surface area contributed by atoms with Gasteiger partial charge in [-0.3, -0.25) is 0 Å². The van der Waals surface area contributed by atoms with Crippen molar-refractivity contribution < 1.29 is 4.74 Å². The molecule has 1 aliphatic rings. The van der Waals surface area contributed by atoms with Gasteiger partial charge in [-0.1, -0.05) is 5.92 Å². The van der Waals surface area contributed by atoms with Crippen LogP contribution in [0.3, 0.4) is 0 Å². The van der Waals surface area contributed by atoms with Gasteiger partial charge in [-0.25, -0.2) is 0 Å². The number of ether oxygens (including phenoxy) is 1. The van der Waals surface area contributed by atoms with Crippen LogP contribution in [0.1, 0.15) is 12.8 Å². The van der Waals surface area contributed by atoms with Gasteiger partial charge < -0.3 is 10.1 Å². The van der Waals surface area contributed by atoms with E-state index in [4.69, 9.17) is 11.2 Å². The summed E-state index contributed by atoms with van der Waals surface area (Å²) in [5.74, 6) is 3.14. The Labute approximate surface area is 80.5 Å². The van der Waals surface area contributed by atoms with Crippen molar-refractivity contribution in [2.45, 2.75) is 12.8 Å². The highest BCUT2D eigenvalue weighted by Crippen LogP contribution is 2.09. The van der Waals surface area contributed by atoms with Crippen LogP contribution in [0.2, 0.25) is 0 Å². The molecule has 0 spiro atoms. The molecular weight excluding hydrogens is 174 g/mol. The zero-order valence-electron chi connectivity index (χ0n) is 7.21. The summed E-state index contributed by atoms with van der Waals surface area (Å²) in [5.41, 5.74) is 0. The Morgan fingerprint density at radius 3 is 3.00 bits per heavy atom. The fourth-order valence-electron chi connectivity index (χ4n) is 1.35. The highest BCUT2D eigenvalue weighted by molar-refractivity contribution is 5.85. The Bertz CT molecular complexity index is 138. The predicted molar refractivity (Wildman–Crippen MR) is 52.5 cm³/mol. The Morgan fingerprint density at radius 2 is 2.42 bits per heavy atom. The van der Waals surface area contributed by atoms with Crippen molar-refractivity contribution >= 4 is 12.4 Å². The van der Waals surface area contributed by atoms with Gasteiger partial charge in [-0.2, -0.15) is 0 Å². The summed E-state index contributed by atoms with van der Waals surface area (Å²) in [5, 5.41) is 3.33. The molecule has 0 radical (unpaired) electrons. The molecule has 1 heterocycles. The van der Waals surface area contributed by atoms with Gasteiger partial charge >= 0.3 is 0 Å². The van der Waals surface area contributed by atoms with Crippen LogP contribution in [0.25, 0.3) is 0 Å². The van der Waals surface area contributed by atoms with Gasteiger partial charge in [-0.05, 0) is 25.3 Å². The molecule has 1 fully saturated rings. The van der Waals surface area contributed by atoms with E-state index in [1.807, 2.05) is 0 Å². The minimum Gasteiger partial charge on any atom is -0.368 e. The lowest BCUT2D eigenvalue weighted by atomic mass is 10.0. The number of hydrogen-bond donors (Lipinski definition) is 1. The van der Waals surface area contributed by atoms with E-state index in [1.165, 1.54) is 12.8 Å². The molecule has 0 aromatic carbocycles. The largest absolute Gasteiger partial charge is 0.368 e. The Balaban J connectivity index is 0.00000121. The minimum atomic E-state index is 0. The zero-order chi connectivity index (χ0) is 7.94. The molecule has 1 N–H and O–H groups in total. The first-order valence-corrected chi connectivity index (χ1v) is 4.15. The van der Waals surface area contributed by atoms with Crippen LogP contribution >= 0.6 is 12.4 Å². The molecule has 2 nitrogen and oxygen atoms in total. The first-order chi connectivity index (χ1) is 5.43. The van der Waals surface area contributed by atoms with Gasteiger partial charge in [0.2, 0.25) is 0 Å². The highest BCUT2D eigenvalue weighted by Gasteiger charge is 2.11. The molecule has 12 heavy (non-hydrogen) atoms. The first kappa shape index (κ1) is 11.8. The van der Waals surface area contributed by atoms with E-state index in [1.54, 1.807) is 0 Å². The van der Waals surface area contributed by atoms with Crippen molar-refractivity contribution in [2.75, 3.05) is 26.3 Å². The molecular formula is C9H16ClNO. The molecule has 0 amide bonds. The van der Waals surface area contributed by atoms with Crippen LogP contribution in [-0.4, -0.2) is 26.3 Å². The maximum atomic E-state index is 5.25. The average Bonchev–Trinajstić information content (AvgIpc) is 2.07. The van der Waals surface area contributed by atoms with Crippen LogP contribution in [-0.2, 0) is 4.74 Å². The van der Waals surface area contributed by atoms with Crippen molar-refractivity contribution in [2.24, 2.45) is 5.92 Å². The summed E-state index contributed by atoms with van der Waals surface area (Å²) in [6.07, 6.45) is 7.60. The summed E-state index contributed by atoms with van der Waals surface area (Å²) in [6.45, 7) is 3.52. The lowest BCUT2D eigenvalue weighted by Gasteiger charge is -2.21. The van der Waals surface area contributed by atoms with Crippen LogP contribution in [0.4, 0.5) is 0 Å². The quantitative estimate of drug-likeness (QED) is 0.530. The Kier molecular flexibility index (Phi) is 7.28. The first-order valence-electron chi connectivity index (χ1n) is 4.15. The molecule has 1 aliphatic heterocycles. The van der Waals surface area contributed by atoms with E-state index in [0.29, 0.717) is 12.5 Å². The van der Waals surface area contributed by atoms with Crippen molar-refractivity contribution in [1.82, 2.24) is 5.32 Å². The molecule has 0 bridgehead atoms. The van der Waals surface area contributed by atoms with E-state index < -0.39 is 0 Å². The van der Waals surface area contributed by atoms with Gasteiger partial charge in [0.05, 0.1) is 6.61 Å². The SMILES string of the molecule is C#CCOCC1CCCNC1.Cl. The molecule has 1 rings (SSSR count). The van der Waals surface area contributed by atoms with E-state index >= 15 is 0 Å². The molecule has 0 aromatic rings. The Hall–Kier alpha value is -0.230. The van der Waals surface area contributed by atoms with Gasteiger partial charge in [0.25, 0.3) is 0 Å². The topological polar surface area (TPSA) is 21.3 Å². The standard InChI is InChI=1S/C9H15NO.ClH/c1-2-6-11-8-9-4-3-5-10-7-9;/h1,9-10H,3-8H2;1H. The van der Waals surface area contributed by atoms with Crippen LogP contribution in [0.5, 0.6) is 0 Å². The third-order valence-corrected chi connectivity index (χ3v) is 1.94. The molecule has 70 valence electrons.